The average Bonchev–Trinajstić information content (AvgIpc) is 2.73. The molecule has 0 bridgehead atoms. The molecule has 1 aromatic heterocycles. The Bertz CT molecular complexity index is 831. The molecule has 3 atom stereocenters. The summed E-state index contributed by atoms with van der Waals surface area (Å²) in [5, 5.41) is 0. The molecule has 30 heavy (non-hydrogen) atoms. The van der Waals surface area contributed by atoms with Gasteiger partial charge in [-0.15, -0.1) is 0 Å². The number of ether oxygens (including phenoxy) is 2. The Kier molecular flexibility index (Phi) is 7.81. The number of aromatic nitrogens is 1. The number of benzene rings is 1. The van der Waals surface area contributed by atoms with Crippen molar-refractivity contribution in [1.29, 1.82) is 0 Å². The standard InChI is InChI=1S/C20H23F3N2O4S/c21-20(22,23)17-3-6-19(24-11-17)15-1-4-18(5-2-15)29-13-16-12-28-10-8-14(16)7-9-25-30(26)27/h1-6,11,14,16,25H,7-10,12-13H2,(H,26,27)/p-1. The summed E-state index contributed by atoms with van der Waals surface area (Å²) >= 11 is -2.26. The first kappa shape index (κ1) is 22.7. The number of hydrogen-bond donors (Lipinski definition) is 1. The third kappa shape index (κ3) is 6.49. The van der Waals surface area contributed by atoms with E-state index in [2.05, 4.69) is 9.71 Å². The van der Waals surface area contributed by atoms with E-state index in [9.17, 15) is 21.9 Å². The van der Waals surface area contributed by atoms with E-state index in [4.69, 9.17) is 9.47 Å². The minimum absolute atomic E-state index is 0.150. The summed E-state index contributed by atoms with van der Waals surface area (Å²) in [5.41, 5.74) is 0.345. The normalized spacial score (nSPS) is 20.7. The maximum atomic E-state index is 12.6. The molecule has 1 N–H and O–H groups in total. The summed E-state index contributed by atoms with van der Waals surface area (Å²) < 4.78 is 72.9. The summed E-state index contributed by atoms with van der Waals surface area (Å²) in [7, 11) is 0. The Morgan fingerprint density at radius 3 is 2.60 bits per heavy atom. The van der Waals surface area contributed by atoms with Gasteiger partial charge in [0, 0.05) is 42.1 Å². The third-order valence-corrected chi connectivity index (χ3v) is 5.51. The smallest absolute Gasteiger partial charge is 0.417 e. The highest BCUT2D eigenvalue weighted by molar-refractivity contribution is 7.77. The van der Waals surface area contributed by atoms with Gasteiger partial charge in [0.1, 0.15) is 5.75 Å². The number of rotatable bonds is 8. The highest BCUT2D eigenvalue weighted by atomic mass is 32.2. The fourth-order valence-electron chi connectivity index (χ4n) is 3.39. The lowest BCUT2D eigenvalue weighted by atomic mass is 9.86. The van der Waals surface area contributed by atoms with E-state index in [0.717, 1.165) is 18.7 Å². The number of nitrogens with one attached hydrogen (secondary N) is 1. The predicted octanol–water partition coefficient (Wildman–Crippen LogP) is 3.57. The summed E-state index contributed by atoms with van der Waals surface area (Å²) in [6.45, 7) is 2.02. The van der Waals surface area contributed by atoms with Crippen LogP contribution >= 0.6 is 0 Å². The van der Waals surface area contributed by atoms with Crippen LogP contribution in [-0.2, 0) is 22.2 Å². The minimum atomic E-state index is -4.41. The van der Waals surface area contributed by atoms with Crippen molar-refractivity contribution >= 4 is 11.3 Å². The van der Waals surface area contributed by atoms with Crippen LogP contribution in [0.5, 0.6) is 5.75 Å². The summed E-state index contributed by atoms with van der Waals surface area (Å²) in [4.78, 5) is 3.89. The van der Waals surface area contributed by atoms with E-state index in [1.807, 2.05) is 0 Å². The molecule has 3 rings (SSSR count). The Hall–Kier alpha value is -2.01. The van der Waals surface area contributed by atoms with Gasteiger partial charge in [0.15, 0.2) is 0 Å². The van der Waals surface area contributed by atoms with Crippen LogP contribution in [0, 0.1) is 11.8 Å². The van der Waals surface area contributed by atoms with Gasteiger partial charge in [0.25, 0.3) is 0 Å². The molecule has 2 aromatic rings. The Labute approximate surface area is 175 Å². The van der Waals surface area contributed by atoms with Gasteiger partial charge < -0.3 is 14.0 Å². The van der Waals surface area contributed by atoms with Crippen LogP contribution in [0.1, 0.15) is 18.4 Å². The van der Waals surface area contributed by atoms with Crippen molar-refractivity contribution in [3.05, 3.63) is 48.2 Å². The summed E-state index contributed by atoms with van der Waals surface area (Å²) in [6.07, 6.45) is -2.03. The molecule has 1 aliphatic rings. The van der Waals surface area contributed by atoms with E-state index in [0.29, 0.717) is 55.7 Å². The summed E-state index contributed by atoms with van der Waals surface area (Å²) in [5.74, 6) is 1.08. The van der Waals surface area contributed by atoms with Gasteiger partial charge in [-0.25, -0.2) is 4.72 Å². The first-order valence-electron chi connectivity index (χ1n) is 9.50. The van der Waals surface area contributed by atoms with Crippen molar-refractivity contribution in [3.63, 3.8) is 0 Å². The topological polar surface area (TPSA) is 83.5 Å². The van der Waals surface area contributed by atoms with Crippen LogP contribution in [-0.4, -0.2) is 40.1 Å². The maximum absolute atomic E-state index is 12.6. The van der Waals surface area contributed by atoms with Crippen LogP contribution < -0.4 is 9.46 Å². The van der Waals surface area contributed by atoms with E-state index in [1.165, 1.54) is 6.07 Å². The number of hydrogen-bond acceptors (Lipinski definition) is 5. The Balaban J connectivity index is 1.55. The first-order chi connectivity index (χ1) is 14.3. The Morgan fingerprint density at radius 1 is 1.20 bits per heavy atom. The molecule has 1 saturated heterocycles. The quantitative estimate of drug-likeness (QED) is 0.631. The highest BCUT2D eigenvalue weighted by Gasteiger charge is 2.30. The van der Waals surface area contributed by atoms with E-state index in [-0.39, 0.29) is 5.92 Å². The third-order valence-electron chi connectivity index (χ3n) is 5.07. The molecule has 1 fully saturated rings. The van der Waals surface area contributed by atoms with Crippen molar-refractivity contribution in [3.8, 4) is 17.0 Å². The molecule has 0 spiro atoms. The second-order valence-electron chi connectivity index (χ2n) is 7.07. The molecular formula is C20H22F3N2O4S-. The Morgan fingerprint density at radius 2 is 1.97 bits per heavy atom. The predicted molar refractivity (Wildman–Crippen MR) is 104 cm³/mol. The highest BCUT2D eigenvalue weighted by Crippen LogP contribution is 2.30. The first-order valence-corrected chi connectivity index (χ1v) is 10.6. The monoisotopic (exact) mass is 443 g/mol. The fraction of sp³-hybridized carbons (Fsp3) is 0.450. The van der Waals surface area contributed by atoms with Crippen molar-refractivity contribution < 1.29 is 31.4 Å². The largest absolute Gasteiger partial charge is 0.760 e. The molecular weight excluding hydrogens is 421 g/mol. The molecule has 6 nitrogen and oxygen atoms in total. The lowest BCUT2D eigenvalue weighted by molar-refractivity contribution is -0.137. The van der Waals surface area contributed by atoms with E-state index >= 15 is 0 Å². The summed E-state index contributed by atoms with van der Waals surface area (Å²) in [6, 6.07) is 9.32. The van der Waals surface area contributed by atoms with Gasteiger partial charge in [-0.2, -0.15) is 13.2 Å². The van der Waals surface area contributed by atoms with Gasteiger partial charge >= 0.3 is 6.18 Å². The number of alkyl halides is 3. The molecule has 1 aromatic carbocycles. The molecule has 1 aliphatic heterocycles. The van der Waals surface area contributed by atoms with Crippen molar-refractivity contribution in [1.82, 2.24) is 9.71 Å². The molecule has 10 heteroatoms. The second-order valence-corrected chi connectivity index (χ2v) is 7.82. The fourth-order valence-corrected chi connectivity index (χ4v) is 3.68. The molecule has 3 unspecified atom stereocenters. The molecule has 2 heterocycles. The molecule has 0 amide bonds. The zero-order valence-corrected chi connectivity index (χ0v) is 16.9. The second kappa shape index (κ2) is 10.3. The van der Waals surface area contributed by atoms with Crippen LogP contribution in [0.2, 0.25) is 0 Å². The lowest BCUT2D eigenvalue weighted by Crippen LogP contribution is -2.34. The van der Waals surface area contributed by atoms with Gasteiger partial charge in [-0.05, 0) is 55.2 Å². The zero-order chi connectivity index (χ0) is 21.6. The minimum Gasteiger partial charge on any atom is -0.760 e. The van der Waals surface area contributed by atoms with Crippen LogP contribution in [0.15, 0.2) is 42.6 Å². The maximum Gasteiger partial charge on any atom is 0.417 e. The molecule has 0 aliphatic carbocycles. The van der Waals surface area contributed by atoms with E-state index in [1.54, 1.807) is 24.3 Å². The SMILES string of the molecule is O=S([O-])NCCC1CCOCC1COc1ccc(-c2ccc(C(F)(F)F)cn2)cc1. The van der Waals surface area contributed by atoms with Gasteiger partial charge in [-0.3, -0.25) is 9.19 Å². The van der Waals surface area contributed by atoms with Crippen LogP contribution in [0.25, 0.3) is 11.3 Å². The van der Waals surface area contributed by atoms with Gasteiger partial charge in [0.05, 0.1) is 24.5 Å². The number of halogens is 3. The van der Waals surface area contributed by atoms with Gasteiger partial charge in [0.2, 0.25) is 0 Å². The molecule has 164 valence electrons. The van der Waals surface area contributed by atoms with Crippen molar-refractivity contribution in [2.45, 2.75) is 19.0 Å². The number of pyridine rings is 1. The van der Waals surface area contributed by atoms with Crippen molar-refractivity contribution in [2.24, 2.45) is 11.8 Å². The number of nitrogens with zero attached hydrogens (tertiary/aromatic N) is 1. The lowest BCUT2D eigenvalue weighted by Gasteiger charge is -2.31. The van der Waals surface area contributed by atoms with Crippen LogP contribution in [0.3, 0.4) is 0 Å². The van der Waals surface area contributed by atoms with Crippen molar-refractivity contribution in [2.75, 3.05) is 26.4 Å². The molecule has 0 saturated carbocycles. The van der Waals surface area contributed by atoms with Gasteiger partial charge in [-0.1, -0.05) is 0 Å². The zero-order valence-electron chi connectivity index (χ0n) is 16.1. The van der Waals surface area contributed by atoms with Crippen LogP contribution in [0.4, 0.5) is 13.2 Å². The van der Waals surface area contributed by atoms with E-state index < -0.39 is 23.0 Å². The average molecular weight is 443 g/mol. The molecule has 0 radical (unpaired) electrons.